The highest BCUT2D eigenvalue weighted by atomic mass is 127. The van der Waals surface area contributed by atoms with Crippen LogP contribution in [0, 0.1) is 3.57 Å². The van der Waals surface area contributed by atoms with Crippen molar-refractivity contribution < 1.29 is 0 Å². The average Bonchev–Trinajstić information content (AvgIpc) is 2.70. The molecule has 4 aromatic carbocycles. The molecule has 0 saturated heterocycles. The van der Waals surface area contributed by atoms with E-state index >= 15 is 0 Å². The van der Waals surface area contributed by atoms with Gasteiger partial charge in [-0.3, -0.25) is 0 Å². The van der Waals surface area contributed by atoms with Gasteiger partial charge in [0, 0.05) is 20.5 Å². The number of benzene rings is 4. The predicted molar refractivity (Wildman–Crippen MR) is 120 cm³/mol. The van der Waals surface area contributed by atoms with Gasteiger partial charge in [0.15, 0.2) is 0 Å². The summed E-state index contributed by atoms with van der Waals surface area (Å²) in [6.07, 6.45) is 0. The topological polar surface area (TPSA) is 12.0 Å². The molecule has 0 fully saturated rings. The van der Waals surface area contributed by atoms with Crippen molar-refractivity contribution in [3.8, 4) is 22.3 Å². The highest BCUT2D eigenvalue weighted by Gasteiger charge is 2.06. The summed E-state index contributed by atoms with van der Waals surface area (Å²) in [4.78, 5) is 0. The van der Waals surface area contributed by atoms with Gasteiger partial charge in [0.05, 0.1) is 0 Å². The minimum Gasteiger partial charge on any atom is -0.355 e. The summed E-state index contributed by atoms with van der Waals surface area (Å²) in [7, 11) is 0. The Kier molecular flexibility index (Phi) is 5.02. The monoisotopic (exact) mass is 447 g/mol. The van der Waals surface area contributed by atoms with Crippen molar-refractivity contribution in [2.45, 2.75) is 0 Å². The van der Waals surface area contributed by atoms with Gasteiger partial charge in [0.2, 0.25) is 0 Å². The van der Waals surface area contributed by atoms with Gasteiger partial charge in [-0.1, -0.05) is 72.8 Å². The van der Waals surface area contributed by atoms with Crippen LogP contribution in [0.1, 0.15) is 0 Å². The van der Waals surface area contributed by atoms with Crippen LogP contribution in [-0.2, 0) is 0 Å². The van der Waals surface area contributed by atoms with E-state index in [0.717, 1.165) is 11.4 Å². The molecule has 2 heteroatoms. The van der Waals surface area contributed by atoms with E-state index in [1.807, 2.05) is 6.07 Å². The normalized spacial score (nSPS) is 10.5. The van der Waals surface area contributed by atoms with Crippen LogP contribution in [0.2, 0.25) is 0 Å². The third-order valence-corrected chi connectivity index (χ3v) is 5.05. The second-order valence-electron chi connectivity index (χ2n) is 6.12. The van der Waals surface area contributed by atoms with Gasteiger partial charge in [0.1, 0.15) is 0 Å². The number of anilines is 2. The molecule has 4 aromatic rings. The second-order valence-corrected chi connectivity index (χ2v) is 7.37. The van der Waals surface area contributed by atoms with Crippen molar-refractivity contribution in [3.05, 3.63) is 107 Å². The van der Waals surface area contributed by atoms with Crippen LogP contribution in [0.15, 0.2) is 103 Å². The Balaban J connectivity index is 1.67. The number of hydrogen-bond acceptors (Lipinski definition) is 1. The fourth-order valence-electron chi connectivity index (χ4n) is 3.04. The van der Waals surface area contributed by atoms with Crippen LogP contribution in [0.3, 0.4) is 0 Å². The van der Waals surface area contributed by atoms with Gasteiger partial charge < -0.3 is 5.32 Å². The Morgan fingerprint density at radius 3 is 2.04 bits per heavy atom. The summed E-state index contributed by atoms with van der Waals surface area (Å²) in [5, 5.41) is 3.59. The van der Waals surface area contributed by atoms with Crippen LogP contribution < -0.4 is 5.32 Å². The Bertz CT molecular complexity index is 1010. The second kappa shape index (κ2) is 7.75. The largest absolute Gasteiger partial charge is 0.355 e. The first-order chi connectivity index (χ1) is 12.8. The first-order valence-corrected chi connectivity index (χ1v) is 9.65. The Morgan fingerprint density at radius 2 is 1.23 bits per heavy atom. The van der Waals surface area contributed by atoms with E-state index in [0.29, 0.717) is 0 Å². The molecule has 0 radical (unpaired) electrons. The number of para-hydroxylation sites is 1. The van der Waals surface area contributed by atoms with Gasteiger partial charge in [-0.15, -0.1) is 0 Å². The van der Waals surface area contributed by atoms with E-state index in [2.05, 4.69) is 125 Å². The van der Waals surface area contributed by atoms with Gasteiger partial charge in [-0.05, 0) is 69.6 Å². The summed E-state index contributed by atoms with van der Waals surface area (Å²) in [5.41, 5.74) is 7.05. The van der Waals surface area contributed by atoms with Crippen molar-refractivity contribution in [2.24, 2.45) is 0 Å². The van der Waals surface area contributed by atoms with E-state index in [9.17, 15) is 0 Å². The quantitative estimate of drug-likeness (QED) is 0.322. The molecule has 4 rings (SSSR count). The molecule has 126 valence electrons. The average molecular weight is 447 g/mol. The first kappa shape index (κ1) is 16.9. The summed E-state index contributed by atoms with van der Waals surface area (Å²) >= 11 is 2.34. The molecule has 0 bridgehead atoms. The van der Waals surface area contributed by atoms with Crippen molar-refractivity contribution in [2.75, 3.05) is 5.32 Å². The molecule has 26 heavy (non-hydrogen) atoms. The van der Waals surface area contributed by atoms with Crippen LogP contribution in [0.4, 0.5) is 11.4 Å². The summed E-state index contributed by atoms with van der Waals surface area (Å²) in [6, 6.07) is 36.1. The third-order valence-electron chi connectivity index (χ3n) is 4.33. The molecular weight excluding hydrogens is 429 g/mol. The Hall–Kier alpha value is -2.59. The van der Waals surface area contributed by atoms with Crippen LogP contribution in [0.5, 0.6) is 0 Å². The lowest BCUT2D eigenvalue weighted by Crippen LogP contribution is -1.93. The first-order valence-electron chi connectivity index (χ1n) is 8.57. The molecule has 0 atom stereocenters. The molecule has 0 aliphatic heterocycles. The molecule has 0 spiro atoms. The van der Waals surface area contributed by atoms with E-state index in [-0.39, 0.29) is 0 Å². The zero-order valence-corrected chi connectivity index (χ0v) is 16.4. The van der Waals surface area contributed by atoms with Gasteiger partial charge in [-0.2, -0.15) is 0 Å². The number of nitrogens with one attached hydrogen (secondary N) is 1. The molecular formula is C24H18IN. The summed E-state index contributed by atoms with van der Waals surface area (Å²) < 4.78 is 1.24. The van der Waals surface area contributed by atoms with Crippen molar-refractivity contribution in [1.29, 1.82) is 0 Å². The molecule has 0 heterocycles. The van der Waals surface area contributed by atoms with Crippen LogP contribution >= 0.6 is 22.6 Å². The Morgan fingerprint density at radius 1 is 0.538 bits per heavy atom. The highest BCUT2D eigenvalue weighted by molar-refractivity contribution is 14.1. The standard InChI is InChI=1S/C24H18IN/c25-21-15-13-19(14-16-21)23-11-4-5-12-24(23)26-22-10-6-9-20(17-22)18-7-2-1-3-8-18/h1-17,26H. The fourth-order valence-corrected chi connectivity index (χ4v) is 3.40. The molecule has 0 aromatic heterocycles. The minimum absolute atomic E-state index is 1.09. The molecule has 0 aliphatic rings. The van der Waals surface area contributed by atoms with Crippen molar-refractivity contribution in [1.82, 2.24) is 0 Å². The summed E-state index contributed by atoms with van der Waals surface area (Å²) in [5.74, 6) is 0. The maximum Gasteiger partial charge on any atom is 0.0463 e. The van der Waals surface area contributed by atoms with Crippen LogP contribution in [0.25, 0.3) is 22.3 Å². The number of rotatable bonds is 4. The smallest absolute Gasteiger partial charge is 0.0463 e. The lowest BCUT2D eigenvalue weighted by molar-refractivity contribution is 1.52. The number of hydrogen-bond donors (Lipinski definition) is 1. The van der Waals surface area contributed by atoms with Gasteiger partial charge in [-0.25, -0.2) is 0 Å². The fraction of sp³-hybridized carbons (Fsp3) is 0. The maximum atomic E-state index is 3.59. The molecule has 0 aliphatic carbocycles. The molecule has 1 nitrogen and oxygen atoms in total. The van der Waals surface area contributed by atoms with Gasteiger partial charge >= 0.3 is 0 Å². The zero-order chi connectivity index (χ0) is 17.8. The number of halogens is 1. The molecule has 1 N–H and O–H groups in total. The lowest BCUT2D eigenvalue weighted by atomic mass is 10.0. The SMILES string of the molecule is Ic1ccc(-c2ccccc2Nc2cccc(-c3ccccc3)c2)cc1. The van der Waals surface area contributed by atoms with Gasteiger partial charge in [0.25, 0.3) is 0 Å². The lowest BCUT2D eigenvalue weighted by Gasteiger charge is -2.13. The summed E-state index contributed by atoms with van der Waals surface area (Å²) in [6.45, 7) is 0. The molecule has 0 saturated carbocycles. The molecule has 0 amide bonds. The van der Waals surface area contributed by atoms with E-state index < -0.39 is 0 Å². The van der Waals surface area contributed by atoms with Crippen LogP contribution in [-0.4, -0.2) is 0 Å². The minimum atomic E-state index is 1.09. The maximum absolute atomic E-state index is 3.59. The van der Waals surface area contributed by atoms with E-state index in [4.69, 9.17) is 0 Å². The Labute approximate surface area is 167 Å². The zero-order valence-electron chi connectivity index (χ0n) is 14.2. The highest BCUT2D eigenvalue weighted by Crippen LogP contribution is 2.31. The third kappa shape index (κ3) is 3.81. The van der Waals surface area contributed by atoms with Crippen molar-refractivity contribution in [3.63, 3.8) is 0 Å². The van der Waals surface area contributed by atoms with E-state index in [1.54, 1.807) is 0 Å². The van der Waals surface area contributed by atoms with Crippen molar-refractivity contribution >= 4 is 34.0 Å². The predicted octanol–water partition coefficient (Wildman–Crippen LogP) is 7.37. The molecule has 0 unspecified atom stereocenters. The van der Waals surface area contributed by atoms with E-state index in [1.165, 1.54) is 25.8 Å².